The van der Waals surface area contributed by atoms with Crippen LogP contribution in [0.15, 0.2) is 66.7 Å². The first-order chi connectivity index (χ1) is 14.6. The van der Waals surface area contributed by atoms with Crippen molar-refractivity contribution >= 4 is 22.7 Å². The summed E-state index contributed by atoms with van der Waals surface area (Å²) in [4.78, 5) is 26.1. The molecule has 0 saturated heterocycles. The average Bonchev–Trinajstić information content (AvgIpc) is 3.07. The molecule has 5 rings (SSSR count). The lowest BCUT2D eigenvalue weighted by atomic mass is 9.87. The summed E-state index contributed by atoms with van der Waals surface area (Å²) in [6, 6.07) is 20.6. The van der Waals surface area contributed by atoms with Crippen LogP contribution in [-0.4, -0.2) is 28.5 Å². The third kappa shape index (κ3) is 2.63. The normalized spacial score (nSPS) is 12.5. The van der Waals surface area contributed by atoms with Crippen molar-refractivity contribution in [1.82, 2.24) is 4.57 Å². The van der Waals surface area contributed by atoms with Gasteiger partial charge in [-0.2, -0.15) is 0 Å². The van der Waals surface area contributed by atoms with Crippen molar-refractivity contribution in [2.75, 3.05) is 7.11 Å². The molecule has 3 aromatic carbocycles. The summed E-state index contributed by atoms with van der Waals surface area (Å²) >= 11 is 0. The topological polar surface area (TPSA) is 68.5 Å². The molecule has 1 aromatic heterocycles. The summed E-state index contributed by atoms with van der Waals surface area (Å²) in [6.45, 7) is 0.478. The van der Waals surface area contributed by atoms with E-state index in [1.807, 2.05) is 59.2 Å². The van der Waals surface area contributed by atoms with Gasteiger partial charge in [-0.15, -0.1) is 0 Å². The number of fused-ring (bicyclic) bond motifs is 4. The SMILES string of the molecule is COC(=O)c1c(O)ccc2c1c1c(n2Cc2ccccc2)C(=O)c2ccccc2C1. The predicted molar refractivity (Wildman–Crippen MR) is 113 cm³/mol. The Bertz CT molecular complexity index is 1320. The molecule has 0 saturated carbocycles. The molecule has 0 atom stereocenters. The minimum atomic E-state index is -0.621. The standard InChI is InChI=1S/C25H19NO4/c1-30-25(29)22-20(27)12-11-19-21(22)18-13-16-9-5-6-10-17(16)24(28)23(18)26(19)14-15-7-3-2-4-8-15/h2-12,27H,13-14H2,1H3. The van der Waals surface area contributed by atoms with E-state index in [0.717, 1.165) is 22.2 Å². The third-order valence-electron chi connectivity index (χ3n) is 5.73. The molecular weight excluding hydrogens is 378 g/mol. The third-order valence-corrected chi connectivity index (χ3v) is 5.73. The van der Waals surface area contributed by atoms with Gasteiger partial charge < -0.3 is 14.4 Å². The van der Waals surface area contributed by atoms with Gasteiger partial charge in [0.1, 0.15) is 11.3 Å². The van der Waals surface area contributed by atoms with E-state index < -0.39 is 5.97 Å². The first-order valence-electron chi connectivity index (χ1n) is 9.72. The fourth-order valence-electron chi connectivity index (χ4n) is 4.40. The van der Waals surface area contributed by atoms with Crippen molar-refractivity contribution < 1.29 is 19.4 Å². The van der Waals surface area contributed by atoms with Crippen LogP contribution in [0.3, 0.4) is 0 Å². The summed E-state index contributed by atoms with van der Waals surface area (Å²) in [5, 5.41) is 11.1. The van der Waals surface area contributed by atoms with Gasteiger partial charge in [0, 0.05) is 23.9 Å². The Morgan fingerprint density at radius 3 is 2.53 bits per heavy atom. The number of nitrogens with zero attached hydrogens (tertiary/aromatic N) is 1. The lowest BCUT2D eigenvalue weighted by molar-refractivity contribution is 0.0599. The Morgan fingerprint density at radius 2 is 1.77 bits per heavy atom. The number of rotatable bonds is 3. The van der Waals surface area contributed by atoms with Gasteiger partial charge in [0.05, 0.1) is 18.3 Å². The van der Waals surface area contributed by atoms with Crippen LogP contribution in [0.2, 0.25) is 0 Å². The molecule has 1 aliphatic rings. The number of ether oxygens (including phenoxy) is 1. The Labute approximate surface area is 173 Å². The second-order valence-electron chi connectivity index (χ2n) is 7.41. The summed E-state index contributed by atoms with van der Waals surface area (Å²) in [5.41, 5.74) is 4.76. The first-order valence-corrected chi connectivity index (χ1v) is 9.72. The molecule has 1 N–H and O–H groups in total. The average molecular weight is 397 g/mol. The number of phenolic OH excluding ortho intramolecular Hbond substituents is 1. The van der Waals surface area contributed by atoms with E-state index in [1.165, 1.54) is 13.2 Å². The molecule has 1 heterocycles. The van der Waals surface area contributed by atoms with E-state index in [9.17, 15) is 14.7 Å². The van der Waals surface area contributed by atoms with Crippen LogP contribution in [0.5, 0.6) is 5.75 Å². The largest absolute Gasteiger partial charge is 0.507 e. The number of carbonyl (C=O) groups excluding carboxylic acids is 2. The molecule has 0 radical (unpaired) electrons. The Hall–Kier alpha value is -3.86. The van der Waals surface area contributed by atoms with Crippen LogP contribution in [0.4, 0.5) is 0 Å². The number of carbonyl (C=O) groups is 2. The van der Waals surface area contributed by atoms with E-state index in [4.69, 9.17) is 4.74 Å². The zero-order valence-corrected chi connectivity index (χ0v) is 16.4. The first kappa shape index (κ1) is 18.2. The molecule has 5 heteroatoms. The number of hydrogen-bond donors (Lipinski definition) is 1. The van der Waals surface area contributed by atoms with Gasteiger partial charge in [-0.3, -0.25) is 4.79 Å². The van der Waals surface area contributed by atoms with Gasteiger partial charge in [-0.1, -0.05) is 54.6 Å². The van der Waals surface area contributed by atoms with Gasteiger partial charge in [0.15, 0.2) is 0 Å². The molecule has 148 valence electrons. The van der Waals surface area contributed by atoms with E-state index in [-0.39, 0.29) is 17.1 Å². The molecule has 0 amide bonds. The number of aromatic nitrogens is 1. The highest BCUT2D eigenvalue weighted by molar-refractivity contribution is 6.18. The smallest absolute Gasteiger partial charge is 0.342 e. The number of benzene rings is 3. The number of hydrogen-bond acceptors (Lipinski definition) is 4. The fraction of sp³-hybridized carbons (Fsp3) is 0.120. The summed E-state index contributed by atoms with van der Waals surface area (Å²) in [7, 11) is 1.29. The highest BCUT2D eigenvalue weighted by Gasteiger charge is 2.33. The molecule has 0 aliphatic heterocycles. The highest BCUT2D eigenvalue weighted by atomic mass is 16.5. The van der Waals surface area contributed by atoms with Gasteiger partial charge >= 0.3 is 5.97 Å². The van der Waals surface area contributed by atoms with Gasteiger partial charge in [-0.05, 0) is 28.8 Å². The van der Waals surface area contributed by atoms with Gasteiger partial charge in [0.2, 0.25) is 5.78 Å². The van der Waals surface area contributed by atoms with E-state index in [2.05, 4.69) is 0 Å². The molecule has 0 spiro atoms. The Kier molecular flexibility index (Phi) is 4.17. The Morgan fingerprint density at radius 1 is 1.03 bits per heavy atom. The van der Waals surface area contributed by atoms with E-state index in [1.54, 1.807) is 6.07 Å². The van der Waals surface area contributed by atoms with Gasteiger partial charge in [-0.25, -0.2) is 4.79 Å². The van der Waals surface area contributed by atoms with Crippen molar-refractivity contribution in [2.45, 2.75) is 13.0 Å². The molecule has 0 bridgehead atoms. The maximum atomic E-state index is 13.5. The summed E-state index contributed by atoms with van der Waals surface area (Å²) < 4.78 is 6.90. The minimum Gasteiger partial charge on any atom is -0.507 e. The van der Waals surface area contributed by atoms with Crippen molar-refractivity contribution in [1.29, 1.82) is 0 Å². The number of aromatic hydroxyl groups is 1. The quantitative estimate of drug-likeness (QED) is 0.461. The molecule has 1 aliphatic carbocycles. The molecule has 0 unspecified atom stereocenters. The second-order valence-corrected chi connectivity index (χ2v) is 7.41. The van der Waals surface area contributed by atoms with Crippen LogP contribution in [0.1, 0.15) is 43.1 Å². The molecule has 0 fully saturated rings. The zero-order chi connectivity index (χ0) is 20.8. The fourth-order valence-corrected chi connectivity index (χ4v) is 4.40. The minimum absolute atomic E-state index is 0.0747. The molecule has 30 heavy (non-hydrogen) atoms. The van der Waals surface area contributed by atoms with Crippen LogP contribution in [0.25, 0.3) is 10.9 Å². The maximum Gasteiger partial charge on any atom is 0.342 e. The Balaban J connectivity index is 1.85. The lowest BCUT2D eigenvalue weighted by Gasteiger charge is -2.18. The van der Waals surface area contributed by atoms with Crippen LogP contribution >= 0.6 is 0 Å². The van der Waals surface area contributed by atoms with Crippen LogP contribution < -0.4 is 0 Å². The van der Waals surface area contributed by atoms with Crippen molar-refractivity contribution in [2.24, 2.45) is 0 Å². The van der Waals surface area contributed by atoms with Crippen LogP contribution in [0, 0.1) is 0 Å². The van der Waals surface area contributed by atoms with E-state index >= 15 is 0 Å². The van der Waals surface area contributed by atoms with Crippen molar-refractivity contribution in [3.63, 3.8) is 0 Å². The monoisotopic (exact) mass is 397 g/mol. The number of ketones is 1. The number of phenols is 1. The maximum absolute atomic E-state index is 13.5. The molecular formula is C25H19NO4. The van der Waals surface area contributed by atoms with Crippen molar-refractivity contribution in [3.8, 4) is 5.75 Å². The highest BCUT2D eigenvalue weighted by Crippen LogP contribution is 2.40. The van der Waals surface area contributed by atoms with Crippen LogP contribution in [-0.2, 0) is 17.7 Å². The lowest BCUT2D eigenvalue weighted by Crippen LogP contribution is -2.19. The summed E-state index contributed by atoms with van der Waals surface area (Å²) in [6.07, 6.45) is 0.503. The molecule has 4 aromatic rings. The van der Waals surface area contributed by atoms with E-state index in [0.29, 0.717) is 29.6 Å². The van der Waals surface area contributed by atoms with Gasteiger partial charge in [0.25, 0.3) is 0 Å². The number of methoxy groups -OCH3 is 1. The van der Waals surface area contributed by atoms with Crippen molar-refractivity contribution in [3.05, 3.63) is 100 Å². The zero-order valence-electron chi connectivity index (χ0n) is 16.4. The molecule has 5 nitrogen and oxygen atoms in total. The second kappa shape index (κ2) is 6.88. The summed E-state index contributed by atoms with van der Waals surface area (Å²) in [5.74, 6) is -0.848. The predicted octanol–water partition coefficient (Wildman–Crippen LogP) is 4.32. The number of esters is 1.